The number of hydrogen-bond acceptors (Lipinski definition) is 8. The number of aryl methyl sites for hydroxylation is 1. The van der Waals surface area contributed by atoms with Crippen molar-refractivity contribution in [3.05, 3.63) is 26.3 Å². The van der Waals surface area contributed by atoms with E-state index in [2.05, 4.69) is 0 Å². The molecule has 6 atom stereocenters. The molecule has 0 aliphatic heterocycles. The lowest BCUT2D eigenvalue weighted by atomic mass is 9.52. The van der Waals surface area contributed by atoms with Crippen molar-refractivity contribution in [1.82, 2.24) is 4.90 Å². The average molecular weight is 568 g/mol. The van der Waals surface area contributed by atoms with E-state index in [1.807, 2.05) is 29.5 Å². The molecule has 2 unspecified atom stereocenters. The lowest BCUT2D eigenvalue weighted by Gasteiger charge is -2.52. The number of benzene rings is 1. The van der Waals surface area contributed by atoms with Crippen LogP contribution in [0.15, 0.2) is 6.07 Å². The van der Waals surface area contributed by atoms with Gasteiger partial charge in [-0.05, 0) is 79.1 Å². The van der Waals surface area contributed by atoms with Gasteiger partial charge in [0.15, 0.2) is 34.7 Å². The second-order valence-corrected chi connectivity index (χ2v) is 10.5. The van der Waals surface area contributed by atoms with Crippen LogP contribution >= 0.6 is 22.6 Å². The fourth-order valence-corrected chi connectivity index (χ4v) is 6.67. The minimum atomic E-state index is -2.69. The van der Waals surface area contributed by atoms with Crippen LogP contribution in [0.25, 0.3) is 0 Å². The highest BCUT2D eigenvalue weighted by Gasteiger charge is 2.69. The van der Waals surface area contributed by atoms with Crippen molar-refractivity contribution in [3.63, 3.8) is 0 Å². The number of nitrogens with zero attached hydrogens (tertiary/aromatic N) is 1. The quantitative estimate of drug-likeness (QED) is 0.341. The van der Waals surface area contributed by atoms with Crippen LogP contribution in [0, 0.1) is 27.2 Å². The molecular weight excluding hydrogens is 543 g/mol. The number of carbonyl (C=O) groups is 5. The van der Waals surface area contributed by atoms with Gasteiger partial charge in [0, 0.05) is 5.92 Å². The number of fused-ring (bicyclic) bond motifs is 3. The third-order valence-electron chi connectivity index (χ3n) is 7.49. The zero-order chi connectivity index (χ0) is 24.6. The summed E-state index contributed by atoms with van der Waals surface area (Å²) in [6, 6.07) is 0.708. The first-order chi connectivity index (χ1) is 15.4. The Morgan fingerprint density at radius 1 is 1.24 bits per heavy atom. The van der Waals surface area contributed by atoms with E-state index in [0.717, 1.165) is 5.56 Å². The number of Topliss-reactive ketones (excluding diaryl/α,β-unsaturated/α-hetero) is 4. The lowest BCUT2D eigenvalue weighted by molar-refractivity contribution is -0.181. The minimum Gasteiger partial charge on any atom is -0.506 e. The van der Waals surface area contributed by atoms with Crippen molar-refractivity contribution in [3.8, 4) is 5.75 Å². The Morgan fingerprint density at radius 2 is 1.88 bits per heavy atom. The first-order valence-electron chi connectivity index (χ1n) is 10.8. The highest BCUT2D eigenvalue weighted by molar-refractivity contribution is 14.1. The molecule has 0 aromatic heterocycles. The number of phenolic OH excluding ortho intramolecular Hbond substituents is 1. The Balaban J connectivity index is 1.90. The third kappa shape index (κ3) is 3.13. The summed E-state index contributed by atoms with van der Waals surface area (Å²) in [6.45, 7) is 1.93. The van der Waals surface area contributed by atoms with Crippen LogP contribution in [0.5, 0.6) is 5.75 Å². The van der Waals surface area contributed by atoms with E-state index >= 15 is 0 Å². The molecule has 2 saturated carbocycles. The molecule has 10 heteroatoms. The Morgan fingerprint density at radius 3 is 2.42 bits per heavy atom. The van der Waals surface area contributed by atoms with Gasteiger partial charge in [-0.2, -0.15) is 0 Å². The van der Waals surface area contributed by atoms with Crippen LogP contribution in [0.2, 0.25) is 0 Å². The number of carbonyl (C=O) groups excluding carboxylic acids is 5. The number of halogens is 1. The number of ketones is 4. The summed E-state index contributed by atoms with van der Waals surface area (Å²) >= 11 is 1.92. The van der Waals surface area contributed by atoms with Crippen LogP contribution < -0.4 is 5.73 Å². The molecule has 4 N–H and O–H groups in total. The molecule has 9 nitrogen and oxygen atoms in total. The van der Waals surface area contributed by atoms with Crippen molar-refractivity contribution in [2.75, 3.05) is 14.1 Å². The highest BCUT2D eigenvalue weighted by atomic mass is 127. The molecule has 0 saturated heterocycles. The maximum absolute atomic E-state index is 13.7. The van der Waals surface area contributed by atoms with E-state index in [0.29, 0.717) is 22.0 Å². The standard InChI is InChI=1S/C23H25IN2O7/c1-4-8-7-12(24)17(27)14-10(8)5-9-6-11-16(26(2)3)19(29)15(22(25)32)21(31)23(11,33)20(30)13(9)18(14)28/h7,9,11,13,15-16,27,33H,4-6H2,1-3H3,(H2,25,32)/t9-,11-,13?,15?,16-,23-/m0/s1. The van der Waals surface area contributed by atoms with E-state index in [9.17, 15) is 34.2 Å². The highest BCUT2D eigenvalue weighted by Crippen LogP contribution is 2.51. The first-order valence-corrected chi connectivity index (χ1v) is 11.8. The van der Waals surface area contributed by atoms with Gasteiger partial charge in [0.2, 0.25) is 5.91 Å². The van der Waals surface area contributed by atoms with Crippen LogP contribution in [0.4, 0.5) is 0 Å². The number of rotatable bonds is 3. The SMILES string of the molecule is CCc1cc(I)c(O)c2c1C[C@H]1C[C@H]3[C@H](N(C)C)C(=O)C(C(N)=O)C(=O)[C@@]3(O)C(=O)C1C2=O. The Bertz CT molecular complexity index is 1130. The molecule has 2 fully saturated rings. The smallest absolute Gasteiger partial charge is 0.235 e. The number of aliphatic hydroxyl groups is 1. The number of primary amides is 1. The molecule has 33 heavy (non-hydrogen) atoms. The molecule has 3 aliphatic carbocycles. The second-order valence-electron chi connectivity index (χ2n) is 9.36. The van der Waals surface area contributed by atoms with Crippen molar-refractivity contribution in [2.24, 2.45) is 29.4 Å². The maximum atomic E-state index is 13.7. The van der Waals surface area contributed by atoms with Crippen LogP contribution in [-0.2, 0) is 32.0 Å². The number of phenols is 1. The molecular formula is C23H25IN2O7. The molecule has 3 aliphatic rings. The molecule has 0 spiro atoms. The molecule has 1 aromatic rings. The van der Waals surface area contributed by atoms with Crippen LogP contribution in [0.3, 0.4) is 0 Å². The number of amides is 1. The van der Waals surface area contributed by atoms with Gasteiger partial charge < -0.3 is 15.9 Å². The predicted molar refractivity (Wildman–Crippen MR) is 123 cm³/mol. The topological polar surface area (TPSA) is 155 Å². The van der Waals surface area contributed by atoms with Gasteiger partial charge in [-0.3, -0.25) is 28.9 Å². The summed E-state index contributed by atoms with van der Waals surface area (Å²) in [6.07, 6.45) is 0.960. The molecule has 0 bridgehead atoms. The van der Waals surface area contributed by atoms with Gasteiger partial charge in [-0.15, -0.1) is 0 Å². The van der Waals surface area contributed by atoms with Crippen molar-refractivity contribution in [1.29, 1.82) is 0 Å². The monoisotopic (exact) mass is 568 g/mol. The van der Waals surface area contributed by atoms with E-state index in [4.69, 9.17) is 5.73 Å². The largest absolute Gasteiger partial charge is 0.506 e. The molecule has 0 radical (unpaired) electrons. The van der Waals surface area contributed by atoms with E-state index in [1.54, 1.807) is 20.2 Å². The van der Waals surface area contributed by atoms with Crippen molar-refractivity contribution in [2.45, 2.75) is 37.8 Å². The summed E-state index contributed by atoms with van der Waals surface area (Å²) < 4.78 is 0.468. The van der Waals surface area contributed by atoms with Crippen molar-refractivity contribution >= 4 is 51.6 Å². The van der Waals surface area contributed by atoms with Gasteiger partial charge in [0.05, 0.1) is 21.1 Å². The predicted octanol–water partition coefficient (Wildman–Crippen LogP) is 0.0340. The normalized spacial score (nSPS) is 33.6. The fraction of sp³-hybridized carbons (Fsp3) is 0.522. The summed E-state index contributed by atoms with van der Waals surface area (Å²) in [5.74, 6) is -10.1. The summed E-state index contributed by atoms with van der Waals surface area (Å²) in [5.41, 5.74) is 4.19. The van der Waals surface area contributed by atoms with Gasteiger partial charge in [-0.25, -0.2) is 0 Å². The zero-order valence-electron chi connectivity index (χ0n) is 18.4. The molecule has 176 valence electrons. The first kappa shape index (κ1) is 24.0. The van der Waals surface area contributed by atoms with E-state index in [1.165, 1.54) is 4.90 Å². The van der Waals surface area contributed by atoms with Crippen LogP contribution in [-0.4, -0.2) is 69.9 Å². The Kier molecular flexibility index (Phi) is 5.77. The molecule has 0 heterocycles. The molecule has 4 rings (SSSR count). The number of hydrogen-bond donors (Lipinski definition) is 3. The summed E-state index contributed by atoms with van der Waals surface area (Å²) in [5, 5.41) is 22.2. The Hall–Kier alpha value is -2.18. The zero-order valence-corrected chi connectivity index (χ0v) is 20.6. The number of nitrogens with two attached hydrogens (primary N) is 1. The van der Waals surface area contributed by atoms with Gasteiger partial charge in [0.1, 0.15) is 5.75 Å². The van der Waals surface area contributed by atoms with E-state index < -0.39 is 64.4 Å². The Labute approximate surface area is 203 Å². The third-order valence-corrected chi connectivity index (χ3v) is 8.31. The second kappa shape index (κ2) is 7.95. The molecule has 1 aromatic carbocycles. The molecule has 1 amide bonds. The van der Waals surface area contributed by atoms with Gasteiger partial charge >= 0.3 is 0 Å². The van der Waals surface area contributed by atoms with E-state index in [-0.39, 0.29) is 17.7 Å². The van der Waals surface area contributed by atoms with Crippen molar-refractivity contribution < 1.29 is 34.2 Å². The number of aromatic hydroxyl groups is 1. The summed E-state index contributed by atoms with van der Waals surface area (Å²) in [7, 11) is 3.12. The fourth-order valence-electron chi connectivity index (χ4n) is 6.03. The average Bonchev–Trinajstić information content (AvgIpc) is 2.72. The van der Waals surface area contributed by atoms with Crippen LogP contribution in [0.1, 0.15) is 34.8 Å². The number of likely N-dealkylation sites (N-methyl/N-ethyl adjacent to an activating group) is 1. The lowest BCUT2D eigenvalue weighted by Crippen LogP contribution is -2.74. The maximum Gasteiger partial charge on any atom is 0.235 e. The van der Waals surface area contributed by atoms with Gasteiger partial charge in [-0.1, -0.05) is 6.92 Å². The summed E-state index contributed by atoms with van der Waals surface area (Å²) in [4.78, 5) is 66.9. The minimum absolute atomic E-state index is 0.0466. The van der Waals surface area contributed by atoms with Gasteiger partial charge in [0.25, 0.3) is 0 Å².